The maximum atomic E-state index is 13.1. The van der Waals surface area contributed by atoms with Gasteiger partial charge in [0.2, 0.25) is 11.8 Å². The Balaban J connectivity index is 2.40. The lowest BCUT2D eigenvalue weighted by Gasteiger charge is -2.07. The predicted molar refractivity (Wildman–Crippen MR) is 56.4 cm³/mol. The molecule has 0 fully saturated rings. The third-order valence-corrected chi connectivity index (χ3v) is 1.66. The van der Waals surface area contributed by atoms with E-state index in [2.05, 4.69) is 15.4 Å². The van der Waals surface area contributed by atoms with Gasteiger partial charge in [0.15, 0.2) is 0 Å². The third kappa shape index (κ3) is 3.95. The van der Waals surface area contributed by atoms with Crippen molar-refractivity contribution in [1.82, 2.24) is 9.97 Å². The van der Waals surface area contributed by atoms with E-state index in [1.807, 2.05) is 6.92 Å². The van der Waals surface area contributed by atoms with Gasteiger partial charge in [-0.15, -0.1) is 0 Å². The minimum absolute atomic E-state index is 0.103. The highest BCUT2D eigenvalue weighted by Gasteiger charge is 2.07. The monoisotopic (exact) mass is 230 g/mol. The molecular formula is C9H15FN4O2. The molecule has 0 amide bonds. The highest BCUT2D eigenvalue weighted by Crippen LogP contribution is 2.13. The van der Waals surface area contributed by atoms with Gasteiger partial charge in [-0.1, -0.05) is 6.92 Å². The number of nitrogen functional groups attached to an aromatic ring is 1. The Bertz CT molecular complexity index is 324. The van der Waals surface area contributed by atoms with Crippen LogP contribution in [-0.4, -0.2) is 29.8 Å². The number of hydrogen-bond donors (Lipinski definition) is 2. The molecule has 1 rings (SSSR count). The molecule has 0 aliphatic carbocycles. The molecule has 0 saturated carbocycles. The van der Waals surface area contributed by atoms with Crippen molar-refractivity contribution < 1.29 is 13.9 Å². The molecule has 6 nitrogen and oxygen atoms in total. The van der Waals surface area contributed by atoms with Gasteiger partial charge in [-0.05, 0) is 6.42 Å². The van der Waals surface area contributed by atoms with Crippen LogP contribution in [0.15, 0.2) is 6.20 Å². The molecule has 0 aliphatic rings. The molecule has 0 aromatic carbocycles. The molecule has 0 unspecified atom stereocenters. The van der Waals surface area contributed by atoms with Crippen LogP contribution < -0.4 is 16.0 Å². The van der Waals surface area contributed by atoms with E-state index >= 15 is 0 Å². The second kappa shape index (κ2) is 6.91. The molecule has 7 heteroatoms. The molecule has 1 aromatic heterocycles. The molecule has 90 valence electrons. The van der Waals surface area contributed by atoms with Crippen LogP contribution >= 0.6 is 0 Å². The molecule has 0 radical (unpaired) electrons. The van der Waals surface area contributed by atoms with Crippen molar-refractivity contribution in [1.29, 1.82) is 0 Å². The molecule has 0 saturated heterocycles. The number of anilines is 1. The summed E-state index contributed by atoms with van der Waals surface area (Å²) in [5.41, 5.74) is 2.21. The lowest BCUT2D eigenvalue weighted by atomic mass is 10.5. The van der Waals surface area contributed by atoms with E-state index in [1.54, 1.807) is 0 Å². The van der Waals surface area contributed by atoms with E-state index in [4.69, 9.17) is 15.3 Å². The Hall–Kier alpha value is -1.47. The third-order valence-electron chi connectivity index (χ3n) is 1.66. The summed E-state index contributed by atoms with van der Waals surface area (Å²) in [6.07, 6.45) is 1.92. The normalized spacial score (nSPS) is 10.2. The Kier molecular flexibility index (Phi) is 5.44. The number of hydrazine groups is 1. The average molecular weight is 230 g/mol. The number of aromatic nitrogens is 2. The Morgan fingerprint density at radius 3 is 2.94 bits per heavy atom. The van der Waals surface area contributed by atoms with Crippen molar-refractivity contribution in [3.05, 3.63) is 12.0 Å². The summed E-state index contributed by atoms with van der Waals surface area (Å²) in [6.45, 7) is 3.29. The van der Waals surface area contributed by atoms with Gasteiger partial charge in [0.25, 0.3) is 5.88 Å². The Labute approximate surface area is 92.9 Å². The van der Waals surface area contributed by atoms with Crippen LogP contribution in [0.25, 0.3) is 0 Å². The lowest BCUT2D eigenvalue weighted by Crippen LogP contribution is -2.13. The van der Waals surface area contributed by atoms with Crippen molar-refractivity contribution >= 4 is 5.95 Å². The fourth-order valence-corrected chi connectivity index (χ4v) is 0.966. The summed E-state index contributed by atoms with van der Waals surface area (Å²) in [6, 6.07) is 0. The molecule has 0 atom stereocenters. The van der Waals surface area contributed by atoms with Crippen molar-refractivity contribution in [2.45, 2.75) is 13.3 Å². The standard InChI is InChI=1S/C9H15FN4O2/c1-2-3-15-4-5-16-8-7(10)6-12-9(13-8)14-11/h6H,2-5,11H2,1H3,(H,12,13,14). The highest BCUT2D eigenvalue weighted by molar-refractivity contribution is 5.26. The van der Waals surface area contributed by atoms with E-state index in [0.29, 0.717) is 13.2 Å². The van der Waals surface area contributed by atoms with E-state index in [1.165, 1.54) is 0 Å². The van der Waals surface area contributed by atoms with E-state index < -0.39 is 5.82 Å². The minimum Gasteiger partial charge on any atom is -0.473 e. The van der Waals surface area contributed by atoms with Gasteiger partial charge >= 0.3 is 0 Å². The summed E-state index contributed by atoms with van der Waals surface area (Å²) >= 11 is 0. The summed E-state index contributed by atoms with van der Waals surface area (Å²) < 4.78 is 23.4. The van der Waals surface area contributed by atoms with Crippen LogP contribution in [0.2, 0.25) is 0 Å². The molecule has 16 heavy (non-hydrogen) atoms. The summed E-state index contributed by atoms with van der Waals surface area (Å²) in [5, 5.41) is 0. The Morgan fingerprint density at radius 2 is 2.25 bits per heavy atom. The fourth-order valence-electron chi connectivity index (χ4n) is 0.966. The van der Waals surface area contributed by atoms with Crippen LogP contribution in [0.3, 0.4) is 0 Å². The zero-order valence-electron chi connectivity index (χ0n) is 9.07. The van der Waals surface area contributed by atoms with Gasteiger partial charge in [-0.3, -0.25) is 5.43 Å². The van der Waals surface area contributed by atoms with Crippen molar-refractivity contribution in [3.63, 3.8) is 0 Å². The van der Waals surface area contributed by atoms with Gasteiger partial charge in [-0.25, -0.2) is 10.8 Å². The zero-order valence-corrected chi connectivity index (χ0v) is 9.07. The molecule has 1 aromatic rings. The molecule has 3 N–H and O–H groups in total. The van der Waals surface area contributed by atoms with Crippen LogP contribution in [0.4, 0.5) is 10.3 Å². The number of hydrogen-bond acceptors (Lipinski definition) is 6. The topological polar surface area (TPSA) is 82.3 Å². The van der Waals surface area contributed by atoms with Crippen LogP contribution in [0.1, 0.15) is 13.3 Å². The number of ether oxygens (including phenoxy) is 2. The van der Waals surface area contributed by atoms with Crippen LogP contribution in [0, 0.1) is 5.82 Å². The van der Waals surface area contributed by atoms with Gasteiger partial charge in [-0.2, -0.15) is 9.37 Å². The predicted octanol–water partition coefficient (Wildman–Crippen LogP) is 0.707. The first kappa shape index (κ1) is 12.6. The largest absolute Gasteiger partial charge is 0.473 e. The van der Waals surface area contributed by atoms with Crippen molar-refractivity contribution in [2.75, 3.05) is 25.2 Å². The van der Waals surface area contributed by atoms with E-state index in [0.717, 1.165) is 12.6 Å². The Morgan fingerprint density at radius 1 is 1.44 bits per heavy atom. The number of halogens is 1. The molecule has 0 bridgehead atoms. The summed E-state index contributed by atoms with van der Waals surface area (Å²) in [4.78, 5) is 7.29. The molecule has 0 spiro atoms. The number of nitrogens with zero attached hydrogens (tertiary/aromatic N) is 2. The van der Waals surface area contributed by atoms with Gasteiger partial charge in [0, 0.05) is 6.61 Å². The van der Waals surface area contributed by atoms with Crippen molar-refractivity contribution in [2.24, 2.45) is 5.84 Å². The number of rotatable bonds is 7. The first-order valence-electron chi connectivity index (χ1n) is 4.97. The van der Waals surface area contributed by atoms with Crippen LogP contribution in [-0.2, 0) is 4.74 Å². The molecule has 0 aliphatic heterocycles. The summed E-state index contributed by atoms with van der Waals surface area (Å²) in [7, 11) is 0. The second-order valence-corrected chi connectivity index (χ2v) is 2.95. The maximum Gasteiger partial charge on any atom is 0.255 e. The van der Waals surface area contributed by atoms with Gasteiger partial charge in [0.1, 0.15) is 6.61 Å². The number of nitrogens with two attached hydrogens (primary N) is 1. The van der Waals surface area contributed by atoms with Gasteiger partial charge < -0.3 is 9.47 Å². The average Bonchev–Trinajstić information content (AvgIpc) is 2.31. The van der Waals surface area contributed by atoms with Crippen LogP contribution in [0.5, 0.6) is 5.88 Å². The van der Waals surface area contributed by atoms with Gasteiger partial charge in [0.05, 0.1) is 12.8 Å². The maximum absolute atomic E-state index is 13.1. The highest BCUT2D eigenvalue weighted by atomic mass is 19.1. The van der Waals surface area contributed by atoms with E-state index in [-0.39, 0.29) is 18.4 Å². The van der Waals surface area contributed by atoms with Crippen molar-refractivity contribution in [3.8, 4) is 5.88 Å². The zero-order chi connectivity index (χ0) is 11.8. The molecular weight excluding hydrogens is 215 g/mol. The molecule has 1 heterocycles. The number of nitrogens with one attached hydrogen (secondary N) is 1. The first-order chi connectivity index (χ1) is 7.77. The fraction of sp³-hybridized carbons (Fsp3) is 0.556. The van der Waals surface area contributed by atoms with E-state index in [9.17, 15) is 4.39 Å². The quantitative estimate of drug-likeness (QED) is 0.408. The lowest BCUT2D eigenvalue weighted by molar-refractivity contribution is 0.0973. The SMILES string of the molecule is CCCOCCOc1nc(NN)ncc1F. The minimum atomic E-state index is -0.630. The smallest absolute Gasteiger partial charge is 0.255 e. The summed E-state index contributed by atoms with van der Waals surface area (Å²) in [5.74, 6) is 4.42. The second-order valence-electron chi connectivity index (χ2n) is 2.95. The first-order valence-corrected chi connectivity index (χ1v) is 4.97.